The molecule has 3 aromatic rings. The van der Waals surface area contributed by atoms with Gasteiger partial charge in [-0.25, -0.2) is 9.07 Å². The van der Waals surface area contributed by atoms with Crippen molar-refractivity contribution >= 4 is 17.9 Å². The van der Waals surface area contributed by atoms with Gasteiger partial charge in [0.1, 0.15) is 5.82 Å². The summed E-state index contributed by atoms with van der Waals surface area (Å²) in [5, 5.41) is 4.85. The van der Waals surface area contributed by atoms with E-state index in [1.165, 1.54) is 17.7 Å². The fourth-order valence-corrected chi connectivity index (χ4v) is 4.12. The van der Waals surface area contributed by atoms with Crippen molar-refractivity contribution in [1.29, 1.82) is 0 Å². The molecular weight excluding hydrogens is 385 g/mol. The molecule has 4 rings (SSSR count). The van der Waals surface area contributed by atoms with Gasteiger partial charge in [-0.3, -0.25) is 4.90 Å². The van der Waals surface area contributed by atoms with Crippen LogP contribution in [-0.4, -0.2) is 45.4 Å². The van der Waals surface area contributed by atoms with Crippen molar-refractivity contribution in [2.45, 2.75) is 27.1 Å². The zero-order valence-electron chi connectivity index (χ0n) is 16.9. The molecule has 0 spiro atoms. The van der Waals surface area contributed by atoms with Gasteiger partial charge in [-0.1, -0.05) is 23.8 Å². The van der Waals surface area contributed by atoms with Gasteiger partial charge >= 0.3 is 0 Å². The van der Waals surface area contributed by atoms with E-state index in [1.54, 1.807) is 0 Å². The molecule has 1 aliphatic rings. The predicted molar refractivity (Wildman–Crippen MR) is 117 cm³/mol. The SMILES string of the molecule is CCn1c(-c2cccc(C)c2)nn(CN2CCN(c3ccc(F)cc3)CC2)c1=S. The summed E-state index contributed by atoms with van der Waals surface area (Å²) in [6.45, 7) is 9.29. The quantitative estimate of drug-likeness (QED) is 0.585. The number of piperazine rings is 1. The van der Waals surface area contributed by atoms with E-state index in [1.807, 2.05) is 16.8 Å². The molecule has 152 valence electrons. The zero-order chi connectivity index (χ0) is 20.4. The Labute approximate surface area is 176 Å². The predicted octanol–water partition coefficient (Wildman–Crippen LogP) is 4.33. The Balaban J connectivity index is 1.48. The van der Waals surface area contributed by atoms with Gasteiger partial charge in [0.15, 0.2) is 10.6 Å². The summed E-state index contributed by atoms with van der Waals surface area (Å²) >= 11 is 5.72. The number of halogens is 1. The van der Waals surface area contributed by atoms with Crippen LogP contribution in [0.1, 0.15) is 12.5 Å². The van der Waals surface area contributed by atoms with Crippen LogP contribution in [0.2, 0.25) is 0 Å². The Morgan fingerprint density at radius 3 is 2.41 bits per heavy atom. The Bertz CT molecular complexity index is 1030. The van der Waals surface area contributed by atoms with Gasteiger partial charge < -0.3 is 9.47 Å². The summed E-state index contributed by atoms with van der Waals surface area (Å²) in [6.07, 6.45) is 0. The Hall–Kier alpha value is -2.51. The summed E-state index contributed by atoms with van der Waals surface area (Å²) in [6, 6.07) is 15.1. The summed E-state index contributed by atoms with van der Waals surface area (Å²) in [4.78, 5) is 4.65. The molecule has 1 aliphatic heterocycles. The van der Waals surface area contributed by atoms with Crippen molar-refractivity contribution in [3.05, 3.63) is 64.7 Å². The van der Waals surface area contributed by atoms with E-state index < -0.39 is 0 Å². The number of anilines is 1. The molecule has 1 saturated heterocycles. The third-order valence-corrected chi connectivity index (χ3v) is 5.84. The summed E-state index contributed by atoms with van der Waals surface area (Å²) < 4.78 is 17.9. The molecule has 2 aromatic carbocycles. The van der Waals surface area contributed by atoms with Crippen molar-refractivity contribution in [3.63, 3.8) is 0 Å². The summed E-state index contributed by atoms with van der Waals surface area (Å²) in [5.41, 5.74) is 3.38. The number of hydrogen-bond donors (Lipinski definition) is 0. The zero-order valence-corrected chi connectivity index (χ0v) is 17.7. The molecule has 0 N–H and O–H groups in total. The topological polar surface area (TPSA) is 29.2 Å². The molecule has 7 heteroatoms. The first-order valence-corrected chi connectivity index (χ1v) is 10.4. The molecule has 5 nitrogen and oxygen atoms in total. The Morgan fingerprint density at radius 2 is 1.76 bits per heavy atom. The highest BCUT2D eigenvalue weighted by Crippen LogP contribution is 2.21. The molecule has 0 amide bonds. The molecule has 1 fully saturated rings. The minimum atomic E-state index is -0.197. The molecule has 0 aliphatic carbocycles. The molecule has 29 heavy (non-hydrogen) atoms. The van der Waals surface area contributed by atoms with Crippen molar-refractivity contribution in [2.24, 2.45) is 0 Å². The lowest BCUT2D eigenvalue weighted by Crippen LogP contribution is -2.47. The van der Waals surface area contributed by atoms with Gasteiger partial charge in [0.2, 0.25) is 0 Å². The molecule has 0 atom stereocenters. The standard InChI is InChI=1S/C22H26FN5S/c1-3-27-21(18-6-4-5-17(2)15-18)24-28(22(27)29)16-25-11-13-26(14-12-25)20-9-7-19(23)8-10-20/h4-10,15H,3,11-14,16H2,1-2H3. The van der Waals surface area contributed by atoms with E-state index in [0.717, 1.165) is 54.6 Å². The average molecular weight is 412 g/mol. The summed E-state index contributed by atoms with van der Waals surface area (Å²) in [5.74, 6) is 0.726. The third kappa shape index (κ3) is 4.26. The van der Waals surface area contributed by atoms with Gasteiger partial charge in [0.05, 0.1) is 6.67 Å². The van der Waals surface area contributed by atoms with E-state index in [0.29, 0.717) is 6.67 Å². The lowest BCUT2D eigenvalue weighted by atomic mass is 10.1. The van der Waals surface area contributed by atoms with Crippen LogP contribution in [0.15, 0.2) is 48.5 Å². The first-order valence-electron chi connectivity index (χ1n) is 10.0. The average Bonchev–Trinajstić information content (AvgIpc) is 3.04. The van der Waals surface area contributed by atoms with Crippen molar-refractivity contribution in [1.82, 2.24) is 19.2 Å². The minimum Gasteiger partial charge on any atom is -0.369 e. The van der Waals surface area contributed by atoms with Gasteiger partial charge in [-0.15, -0.1) is 0 Å². The fourth-order valence-electron chi connectivity index (χ4n) is 3.80. The van der Waals surface area contributed by atoms with E-state index in [-0.39, 0.29) is 5.82 Å². The number of hydrogen-bond acceptors (Lipinski definition) is 4. The number of nitrogens with zero attached hydrogens (tertiary/aromatic N) is 5. The Morgan fingerprint density at radius 1 is 1.03 bits per heavy atom. The van der Waals surface area contributed by atoms with E-state index >= 15 is 0 Å². The maximum Gasteiger partial charge on any atom is 0.199 e. The lowest BCUT2D eigenvalue weighted by Gasteiger charge is -2.35. The minimum absolute atomic E-state index is 0.197. The van der Waals surface area contributed by atoms with Crippen molar-refractivity contribution in [2.75, 3.05) is 31.1 Å². The molecule has 2 heterocycles. The van der Waals surface area contributed by atoms with Crippen LogP contribution in [0.25, 0.3) is 11.4 Å². The second-order valence-corrected chi connectivity index (χ2v) is 7.81. The second-order valence-electron chi connectivity index (χ2n) is 7.44. The maximum absolute atomic E-state index is 13.2. The molecule has 0 radical (unpaired) electrons. The monoisotopic (exact) mass is 411 g/mol. The smallest absolute Gasteiger partial charge is 0.199 e. The number of aromatic nitrogens is 3. The van der Waals surface area contributed by atoms with Crippen LogP contribution < -0.4 is 4.90 Å². The van der Waals surface area contributed by atoms with Crippen LogP contribution in [-0.2, 0) is 13.2 Å². The lowest BCUT2D eigenvalue weighted by molar-refractivity contribution is 0.194. The molecule has 0 bridgehead atoms. The van der Waals surface area contributed by atoms with Crippen molar-refractivity contribution < 1.29 is 4.39 Å². The fraction of sp³-hybridized carbons (Fsp3) is 0.364. The first-order chi connectivity index (χ1) is 14.0. The van der Waals surface area contributed by atoms with Crippen LogP contribution in [0.5, 0.6) is 0 Å². The highest BCUT2D eigenvalue weighted by atomic mass is 32.1. The normalized spacial score (nSPS) is 15.1. The highest BCUT2D eigenvalue weighted by molar-refractivity contribution is 7.71. The third-order valence-electron chi connectivity index (χ3n) is 5.41. The van der Waals surface area contributed by atoms with Crippen molar-refractivity contribution in [3.8, 4) is 11.4 Å². The number of rotatable bonds is 5. The molecular formula is C22H26FN5S. The largest absolute Gasteiger partial charge is 0.369 e. The molecule has 0 unspecified atom stereocenters. The van der Waals surface area contributed by atoms with Gasteiger partial charge in [-0.2, -0.15) is 5.10 Å². The second kappa shape index (κ2) is 8.47. The van der Waals surface area contributed by atoms with Gasteiger partial charge in [0, 0.05) is 44.0 Å². The van der Waals surface area contributed by atoms with Crippen LogP contribution in [0.3, 0.4) is 0 Å². The first kappa shape index (κ1) is 19.8. The number of aryl methyl sites for hydroxylation is 1. The molecule has 1 aromatic heterocycles. The highest BCUT2D eigenvalue weighted by Gasteiger charge is 2.19. The van der Waals surface area contributed by atoms with E-state index in [2.05, 4.69) is 52.5 Å². The Kier molecular flexibility index (Phi) is 5.78. The van der Waals surface area contributed by atoms with E-state index in [9.17, 15) is 4.39 Å². The van der Waals surface area contributed by atoms with Crippen LogP contribution in [0.4, 0.5) is 10.1 Å². The maximum atomic E-state index is 13.2. The van der Waals surface area contributed by atoms with Crippen LogP contribution >= 0.6 is 12.2 Å². The van der Waals surface area contributed by atoms with Gasteiger partial charge in [-0.05, 0) is 56.4 Å². The van der Waals surface area contributed by atoms with Gasteiger partial charge in [0.25, 0.3) is 0 Å². The van der Waals surface area contributed by atoms with Crippen LogP contribution in [0, 0.1) is 17.5 Å². The molecule has 0 saturated carbocycles. The number of benzene rings is 2. The van der Waals surface area contributed by atoms with E-state index in [4.69, 9.17) is 17.3 Å². The summed E-state index contributed by atoms with van der Waals surface area (Å²) in [7, 11) is 0.